The Morgan fingerprint density at radius 1 is 1.30 bits per heavy atom. The summed E-state index contributed by atoms with van der Waals surface area (Å²) in [6.45, 7) is 10.1. The number of rotatable bonds is 8. The predicted molar refractivity (Wildman–Crippen MR) is 83.8 cm³/mol. The normalized spacial score (nSPS) is 14.8. The smallest absolute Gasteiger partial charge is 0.262 e. The van der Waals surface area contributed by atoms with Gasteiger partial charge in [0.25, 0.3) is 5.92 Å². The summed E-state index contributed by atoms with van der Waals surface area (Å²) in [5.41, 5.74) is 3.08. The van der Waals surface area contributed by atoms with Crippen molar-refractivity contribution in [2.75, 3.05) is 6.54 Å². The molecular weight excluding hydrogens is 256 g/mol. The van der Waals surface area contributed by atoms with Gasteiger partial charge in [0, 0.05) is 13.1 Å². The van der Waals surface area contributed by atoms with Crippen molar-refractivity contribution in [3.63, 3.8) is 0 Å². The number of alkyl halides is 2. The lowest BCUT2D eigenvalue weighted by atomic mass is 10.0. The summed E-state index contributed by atoms with van der Waals surface area (Å²) in [4.78, 5) is 0. The van der Waals surface area contributed by atoms with Crippen LogP contribution in [0.2, 0.25) is 0 Å². The van der Waals surface area contributed by atoms with Gasteiger partial charge in [-0.2, -0.15) is 0 Å². The average molecular weight is 281 g/mol. The molecule has 0 spiro atoms. The van der Waals surface area contributed by atoms with Gasteiger partial charge in [0.15, 0.2) is 0 Å². The molecule has 0 radical (unpaired) electrons. The van der Waals surface area contributed by atoms with Crippen LogP contribution in [-0.4, -0.2) is 12.5 Å². The molecule has 0 aromatic carbocycles. The van der Waals surface area contributed by atoms with E-state index in [1.165, 1.54) is 0 Å². The fourth-order valence-corrected chi connectivity index (χ4v) is 1.52. The zero-order valence-corrected chi connectivity index (χ0v) is 12.8. The first-order chi connectivity index (χ1) is 9.34. The number of hydrogen-bond acceptors (Lipinski definition) is 1. The van der Waals surface area contributed by atoms with Gasteiger partial charge in [-0.25, -0.2) is 8.78 Å². The Bertz CT molecular complexity index is 421. The standard InChI is InChI=1S/C17H25F2N/c1-6-9-16(12-20-13-17(5,18)19)15(8-3)11-10-14(4)7-2/h6-10,12,20H,2,11,13H2,1,3-5H3/b9-6-,14-10+,15-8+,16-12+. The minimum Gasteiger partial charge on any atom is -0.384 e. The lowest BCUT2D eigenvalue weighted by Crippen LogP contribution is -2.26. The third-order valence-electron chi connectivity index (χ3n) is 2.70. The predicted octanol–water partition coefficient (Wildman–Crippen LogP) is 5.16. The molecule has 0 heterocycles. The van der Waals surface area contributed by atoms with Crippen LogP contribution in [0.15, 0.2) is 59.9 Å². The summed E-state index contributed by atoms with van der Waals surface area (Å²) in [6, 6.07) is 0. The molecule has 0 aromatic heterocycles. The second-order valence-corrected chi connectivity index (χ2v) is 4.72. The van der Waals surface area contributed by atoms with Crippen molar-refractivity contribution in [3.8, 4) is 0 Å². The van der Waals surface area contributed by atoms with Gasteiger partial charge < -0.3 is 5.32 Å². The van der Waals surface area contributed by atoms with E-state index < -0.39 is 5.92 Å². The molecule has 0 aromatic rings. The second kappa shape index (κ2) is 9.29. The molecule has 0 amide bonds. The molecule has 0 rings (SSSR count). The molecular formula is C17H25F2N. The van der Waals surface area contributed by atoms with Crippen molar-refractivity contribution >= 4 is 0 Å². The van der Waals surface area contributed by atoms with Crippen LogP contribution >= 0.6 is 0 Å². The Hall–Kier alpha value is -1.64. The molecule has 0 aliphatic carbocycles. The average Bonchev–Trinajstić information content (AvgIpc) is 2.37. The molecule has 0 atom stereocenters. The topological polar surface area (TPSA) is 12.0 Å². The van der Waals surface area contributed by atoms with Gasteiger partial charge in [0.1, 0.15) is 0 Å². The Kier molecular flexibility index (Phi) is 8.53. The molecule has 0 aliphatic rings. The SMILES string of the molecule is C=C/C(C)=C/CC(=C\C)/C(/C=C\C)=C/NCC(C)(F)F. The van der Waals surface area contributed by atoms with Crippen molar-refractivity contribution in [2.24, 2.45) is 0 Å². The van der Waals surface area contributed by atoms with Gasteiger partial charge in [0.2, 0.25) is 0 Å². The summed E-state index contributed by atoms with van der Waals surface area (Å²) < 4.78 is 25.6. The van der Waals surface area contributed by atoms with E-state index in [1.807, 2.05) is 39.0 Å². The highest BCUT2D eigenvalue weighted by Crippen LogP contribution is 2.17. The van der Waals surface area contributed by atoms with Crippen molar-refractivity contribution in [2.45, 2.75) is 40.0 Å². The summed E-state index contributed by atoms with van der Waals surface area (Å²) in [5, 5.41) is 2.68. The Morgan fingerprint density at radius 2 is 1.95 bits per heavy atom. The molecule has 1 nitrogen and oxygen atoms in total. The maximum Gasteiger partial charge on any atom is 0.262 e. The lowest BCUT2D eigenvalue weighted by Gasteiger charge is -2.12. The third-order valence-corrected chi connectivity index (χ3v) is 2.70. The molecule has 0 fully saturated rings. The zero-order valence-electron chi connectivity index (χ0n) is 12.8. The minimum absolute atomic E-state index is 0.368. The van der Waals surface area contributed by atoms with Crippen LogP contribution in [0.25, 0.3) is 0 Å². The van der Waals surface area contributed by atoms with Crippen LogP contribution < -0.4 is 5.32 Å². The molecule has 1 N–H and O–H groups in total. The van der Waals surface area contributed by atoms with E-state index in [2.05, 4.69) is 18.0 Å². The molecule has 20 heavy (non-hydrogen) atoms. The van der Waals surface area contributed by atoms with Gasteiger partial charge in [0.05, 0.1) is 6.54 Å². The van der Waals surface area contributed by atoms with Crippen molar-refractivity contribution < 1.29 is 8.78 Å². The van der Waals surface area contributed by atoms with Gasteiger partial charge >= 0.3 is 0 Å². The molecule has 0 aliphatic heterocycles. The maximum absolute atomic E-state index is 12.8. The number of hydrogen-bond donors (Lipinski definition) is 1. The quantitative estimate of drug-likeness (QED) is 0.606. The van der Waals surface area contributed by atoms with E-state index in [4.69, 9.17) is 0 Å². The molecule has 3 heteroatoms. The summed E-state index contributed by atoms with van der Waals surface area (Å²) in [6.07, 6.45) is 12.0. The van der Waals surface area contributed by atoms with E-state index in [1.54, 1.807) is 12.3 Å². The first-order valence-electron chi connectivity index (χ1n) is 6.73. The van der Waals surface area contributed by atoms with Crippen molar-refractivity contribution in [3.05, 3.63) is 59.9 Å². The molecule has 0 bridgehead atoms. The number of allylic oxidation sites excluding steroid dienone is 8. The fraction of sp³-hybridized carbons (Fsp3) is 0.412. The number of halogens is 2. The van der Waals surface area contributed by atoms with Crippen LogP contribution in [0.1, 0.15) is 34.1 Å². The second-order valence-electron chi connectivity index (χ2n) is 4.72. The van der Waals surface area contributed by atoms with E-state index in [9.17, 15) is 8.78 Å². The van der Waals surface area contributed by atoms with E-state index in [-0.39, 0.29) is 6.54 Å². The Labute approximate surface area is 121 Å². The molecule has 112 valence electrons. The minimum atomic E-state index is -2.72. The largest absolute Gasteiger partial charge is 0.384 e. The Morgan fingerprint density at radius 3 is 2.40 bits per heavy atom. The Balaban J connectivity index is 4.95. The summed E-state index contributed by atoms with van der Waals surface area (Å²) >= 11 is 0. The summed E-state index contributed by atoms with van der Waals surface area (Å²) in [5.74, 6) is -2.72. The monoisotopic (exact) mass is 281 g/mol. The van der Waals surface area contributed by atoms with Crippen LogP contribution in [-0.2, 0) is 0 Å². The molecule has 0 unspecified atom stereocenters. The molecule has 0 saturated heterocycles. The summed E-state index contributed by atoms with van der Waals surface area (Å²) in [7, 11) is 0. The highest BCUT2D eigenvalue weighted by atomic mass is 19.3. The fourth-order valence-electron chi connectivity index (χ4n) is 1.52. The van der Waals surface area contributed by atoms with Gasteiger partial charge in [-0.05, 0) is 38.3 Å². The van der Waals surface area contributed by atoms with Gasteiger partial charge in [-0.1, -0.05) is 42.5 Å². The van der Waals surface area contributed by atoms with Crippen LogP contribution in [0, 0.1) is 0 Å². The lowest BCUT2D eigenvalue weighted by molar-refractivity contribution is 0.0260. The highest BCUT2D eigenvalue weighted by Gasteiger charge is 2.19. The molecule has 0 saturated carbocycles. The van der Waals surface area contributed by atoms with E-state index in [0.29, 0.717) is 0 Å². The van der Waals surface area contributed by atoms with Gasteiger partial charge in [-0.3, -0.25) is 0 Å². The first kappa shape index (κ1) is 18.4. The zero-order chi connectivity index (χ0) is 15.6. The van der Waals surface area contributed by atoms with Crippen molar-refractivity contribution in [1.29, 1.82) is 0 Å². The third kappa shape index (κ3) is 8.46. The van der Waals surface area contributed by atoms with E-state index in [0.717, 1.165) is 30.1 Å². The van der Waals surface area contributed by atoms with E-state index >= 15 is 0 Å². The van der Waals surface area contributed by atoms with Crippen LogP contribution in [0.5, 0.6) is 0 Å². The van der Waals surface area contributed by atoms with Crippen LogP contribution in [0.3, 0.4) is 0 Å². The van der Waals surface area contributed by atoms with Gasteiger partial charge in [-0.15, -0.1) is 0 Å². The maximum atomic E-state index is 12.8. The highest BCUT2D eigenvalue weighted by molar-refractivity contribution is 5.40. The first-order valence-corrected chi connectivity index (χ1v) is 6.73. The number of nitrogens with one attached hydrogen (secondary N) is 1. The van der Waals surface area contributed by atoms with Crippen molar-refractivity contribution in [1.82, 2.24) is 5.32 Å². The van der Waals surface area contributed by atoms with Crippen LogP contribution in [0.4, 0.5) is 8.78 Å².